The Morgan fingerprint density at radius 3 is 2.68 bits per heavy atom. The number of hydrogen-bond acceptors (Lipinski definition) is 6. The predicted molar refractivity (Wildman–Crippen MR) is 118 cm³/mol. The van der Waals surface area contributed by atoms with Crippen molar-refractivity contribution in [3.63, 3.8) is 0 Å². The third-order valence-corrected chi connectivity index (χ3v) is 7.36. The fourth-order valence-corrected chi connectivity index (χ4v) is 5.32. The highest BCUT2D eigenvalue weighted by Gasteiger charge is 2.32. The molecule has 2 aromatic heterocycles. The van der Waals surface area contributed by atoms with E-state index in [4.69, 9.17) is 0 Å². The molecule has 3 aliphatic rings. The summed E-state index contributed by atoms with van der Waals surface area (Å²) in [5.41, 5.74) is 2.84. The van der Waals surface area contributed by atoms with E-state index in [0.717, 1.165) is 44.9 Å². The second-order valence-corrected chi connectivity index (χ2v) is 9.73. The van der Waals surface area contributed by atoms with Crippen LogP contribution in [0.2, 0.25) is 0 Å². The van der Waals surface area contributed by atoms with Gasteiger partial charge in [-0.05, 0) is 62.1 Å². The zero-order chi connectivity index (χ0) is 21.1. The monoisotopic (exact) mass is 434 g/mol. The topological polar surface area (TPSA) is 97.7 Å². The normalized spacial score (nSPS) is 17.8. The molecule has 0 radical (unpaired) electrons. The third kappa shape index (κ3) is 3.43. The molecule has 0 aliphatic heterocycles. The lowest BCUT2D eigenvalue weighted by Crippen LogP contribution is -2.31. The van der Waals surface area contributed by atoms with Crippen LogP contribution in [-0.4, -0.2) is 31.1 Å². The summed E-state index contributed by atoms with van der Waals surface area (Å²) in [5.74, 6) is 1.17. The van der Waals surface area contributed by atoms with E-state index in [-0.39, 0.29) is 23.5 Å². The number of fused-ring (bicyclic) bond motifs is 2. The Kier molecular flexibility index (Phi) is 4.38. The second kappa shape index (κ2) is 7.15. The number of nitrogens with one attached hydrogen (secondary N) is 1. The highest BCUT2D eigenvalue weighted by molar-refractivity contribution is 8.00. The molecule has 158 valence electrons. The maximum atomic E-state index is 12.9. The van der Waals surface area contributed by atoms with Crippen LogP contribution in [0.3, 0.4) is 0 Å². The number of aromatic amines is 1. The first kappa shape index (κ1) is 19.0. The van der Waals surface area contributed by atoms with E-state index in [2.05, 4.69) is 21.0 Å². The van der Waals surface area contributed by atoms with Gasteiger partial charge in [0.15, 0.2) is 11.4 Å². The molecule has 1 aromatic carbocycles. The molecule has 2 saturated carbocycles. The number of H-pyrrole nitrogens is 1. The Bertz CT molecular complexity index is 1350. The summed E-state index contributed by atoms with van der Waals surface area (Å²) in [6, 6.07) is 6.05. The van der Waals surface area contributed by atoms with E-state index < -0.39 is 11.2 Å². The van der Waals surface area contributed by atoms with Crippen LogP contribution >= 0.6 is 11.8 Å². The van der Waals surface area contributed by atoms with Crippen LogP contribution < -0.4 is 11.2 Å². The molecule has 2 heterocycles. The highest BCUT2D eigenvalue weighted by Crippen LogP contribution is 2.41. The first-order valence-corrected chi connectivity index (χ1v) is 11.9. The van der Waals surface area contributed by atoms with Crippen molar-refractivity contribution in [2.75, 3.05) is 5.75 Å². The van der Waals surface area contributed by atoms with Gasteiger partial charge in [-0.1, -0.05) is 23.9 Å². The lowest BCUT2D eigenvalue weighted by atomic mass is 10.0. The molecule has 0 atom stereocenters. The summed E-state index contributed by atoms with van der Waals surface area (Å²) in [5, 5.41) is 0.819. The fourth-order valence-electron chi connectivity index (χ4n) is 4.40. The minimum absolute atomic E-state index is 0.0198. The summed E-state index contributed by atoms with van der Waals surface area (Å²) in [6.07, 6.45) is 7.09. The van der Waals surface area contributed by atoms with E-state index in [0.29, 0.717) is 27.4 Å². The molecule has 0 unspecified atom stereocenters. The van der Waals surface area contributed by atoms with Crippen molar-refractivity contribution in [1.29, 1.82) is 0 Å². The number of benzene rings is 1. The van der Waals surface area contributed by atoms with Gasteiger partial charge in [0.25, 0.3) is 5.56 Å². The smallest absolute Gasteiger partial charge is 0.293 e. The number of carbonyl (C=O) groups excluding carboxylic acids is 1. The van der Waals surface area contributed by atoms with E-state index in [1.165, 1.54) is 22.9 Å². The van der Waals surface area contributed by atoms with Crippen molar-refractivity contribution < 1.29 is 4.79 Å². The van der Waals surface area contributed by atoms with E-state index >= 15 is 0 Å². The Hall–Kier alpha value is -2.74. The summed E-state index contributed by atoms with van der Waals surface area (Å²) in [6.45, 7) is 0. The molecule has 2 fully saturated rings. The number of Topliss-reactive ketones (excluding diaryl/α,β-unsaturated/α-hetero) is 1. The summed E-state index contributed by atoms with van der Waals surface area (Å²) in [7, 11) is 0. The molecule has 0 saturated heterocycles. The molecule has 0 amide bonds. The minimum Gasteiger partial charge on any atom is -0.293 e. The minimum atomic E-state index is -0.480. The molecular formula is C23H22N4O3S. The van der Waals surface area contributed by atoms with Gasteiger partial charge in [-0.3, -0.25) is 19.1 Å². The molecule has 8 heteroatoms. The van der Waals surface area contributed by atoms with Crippen LogP contribution in [0.5, 0.6) is 0 Å². The molecule has 3 aliphatic carbocycles. The number of hydrogen-bond donors (Lipinski definition) is 1. The van der Waals surface area contributed by atoms with Gasteiger partial charge in [-0.2, -0.15) is 0 Å². The number of carbonyl (C=O) groups is 1. The van der Waals surface area contributed by atoms with Crippen molar-refractivity contribution >= 4 is 28.6 Å². The molecule has 0 bridgehead atoms. The average molecular weight is 435 g/mol. The average Bonchev–Trinajstić information content (AvgIpc) is 3.69. The van der Waals surface area contributed by atoms with Crippen LogP contribution in [0.1, 0.15) is 71.4 Å². The van der Waals surface area contributed by atoms with Gasteiger partial charge in [0.2, 0.25) is 0 Å². The van der Waals surface area contributed by atoms with Crippen LogP contribution in [0, 0.1) is 0 Å². The fraction of sp³-hybridized carbons (Fsp3) is 0.435. The number of thioether (sulfide) groups is 1. The maximum Gasteiger partial charge on any atom is 0.330 e. The maximum absolute atomic E-state index is 12.9. The molecule has 1 N–H and O–H groups in total. The number of rotatable bonds is 6. The number of aromatic nitrogens is 4. The van der Waals surface area contributed by atoms with Gasteiger partial charge in [0.05, 0.1) is 5.75 Å². The van der Waals surface area contributed by atoms with Crippen LogP contribution in [-0.2, 0) is 12.8 Å². The lowest BCUT2D eigenvalue weighted by molar-refractivity contribution is 0.102. The first-order valence-electron chi connectivity index (χ1n) is 10.9. The highest BCUT2D eigenvalue weighted by atomic mass is 32.2. The van der Waals surface area contributed by atoms with Gasteiger partial charge >= 0.3 is 5.69 Å². The van der Waals surface area contributed by atoms with Crippen molar-refractivity contribution in [3.8, 4) is 0 Å². The molecule has 31 heavy (non-hydrogen) atoms. The van der Waals surface area contributed by atoms with Gasteiger partial charge in [-0.15, -0.1) is 0 Å². The quantitative estimate of drug-likeness (QED) is 0.364. The van der Waals surface area contributed by atoms with E-state index in [1.807, 2.05) is 12.1 Å². The van der Waals surface area contributed by atoms with Crippen LogP contribution in [0.4, 0.5) is 0 Å². The Morgan fingerprint density at radius 1 is 1.10 bits per heavy atom. The zero-order valence-electron chi connectivity index (χ0n) is 17.0. The predicted octanol–water partition coefficient (Wildman–Crippen LogP) is 3.16. The molecule has 3 aromatic rings. The van der Waals surface area contributed by atoms with Gasteiger partial charge in [0.1, 0.15) is 16.2 Å². The SMILES string of the molecule is O=C(CSc1nc(C2CC2)nc2c1c(=O)[nH]c(=O)n2C1CC1)c1ccc2c(c1)CCC2. The molecular weight excluding hydrogens is 412 g/mol. The van der Waals surface area contributed by atoms with Crippen molar-refractivity contribution in [2.45, 2.75) is 61.9 Å². The van der Waals surface area contributed by atoms with Crippen molar-refractivity contribution in [1.82, 2.24) is 19.5 Å². The third-order valence-electron chi connectivity index (χ3n) is 6.38. The Balaban J connectivity index is 1.38. The van der Waals surface area contributed by atoms with Crippen molar-refractivity contribution in [2.24, 2.45) is 0 Å². The summed E-state index contributed by atoms with van der Waals surface area (Å²) >= 11 is 1.27. The first-order chi connectivity index (χ1) is 15.1. The zero-order valence-corrected chi connectivity index (χ0v) is 17.8. The summed E-state index contributed by atoms with van der Waals surface area (Å²) < 4.78 is 1.61. The van der Waals surface area contributed by atoms with Gasteiger partial charge in [0, 0.05) is 17.5 Å². The lowest BCUT2D eigenvalue weighted by Gasteiger charge is -2.12. The number of nitrogens with zero attached hydrogens (tertiary/aromatic N) is 3. The van der Waals surface area contributed by atoms with Gasteiger partial charge in [-0.25, -0.2) is 14.8 Å². The Labute approximate surface area is 182 Å². The standard InChI is InChI=1S/C23H22N4O3S/c28-17(15-7-4-12-2-1-3-14(12)10-15)11-31-22-18-20(24-19(25-22)13-5-6-13)27(16-8-9-16)23(30)26-21(18)29/h4,7,10,13,16H,1-3,5-6,8-9,11H2,(H,26,29,30). The number of aryl methyl sites for hydroxylation is 2. The van der Waals surface area contributed by atoms with Crippen LogP contribution in [0.15, 0.2) is 32.8 Å². The molecule has 6 rings (SSSR count). The largest absolute Gasteiger partial charge is 0.330 e. The second-order valence-electron chi connectivity index (χ2n) is 8.77. The Morgan fingerprint density at radius 2 is 1.90 bits per heavy atom. The number of ketones is 1. The molecule has 7 nitrogen and oxygen atoms in total. The summed E-state index contributed by atoms with van der Waals surface area (Å²) in [4.78, 5) is 49.8. The van der Waals surface area contributed by atoms with E-state index in [1.54, 1.807) is 4.57 Å². The molecule has 0 spiro atoms. The van der Waals surface area contributed by atoms with Crippen LogP contribution in [0.25, 0.3) is 11.0 Å². The van der Waals surface area contributed by atoms with Crippen molar-refractivity contribution in [3.05, 3.63) is 61.6 Å². The van der Waals surface area contributed by atoms with Gasteiger partial charge < -0.3 is 0 Å². The van der Waals surface area contributed by atoms with E-state index in [9.17, 15) is 14.4 Å².